The summed E-state index contributed by atoms with van der Waals surface area (Å²) in [7, 11) is 11.3. The van der Waals surface area contributed by atoms with Gasteiger partial charge in [-0.25, -0.2) is 9.99 Å². The van der Waals surface area contributed by atoms with Crippen molar-refractivity contribution in [1.82, 2.24) is 24.8 Å². The summed E-state index contributed by atoms with van der Waals surface area (Å²) in [5, 5.41) is 6.46. The average molecular weight is 595 g/mol. The summed E-state index contributed by atoms with van der Waals surface area (Å²) < 4.78 is 17.5. The monoisotopic (exact) mass is 594 g/mol. The van der Waals surface area contributed by atoms with Crippen LogP contribution in [0.3, 0.4) is 0 Å². The molecule has 0 radical (unpaired) electrons. The van der Waals surface area contributed by atoms with E-state index >= 15 is 0 Å². The number of ether oxygens (including phenoxy) is 3. The molecule has 3 aromatic rings. The molecule has 2 heterocycles. The highest BCUT2D eigenvalue weighted by atomic mass is 16.5. The number of aromatic nitrogens is 2. The predicted molar refractivity (Wildman–Crippen MR) is 176 cm³/mol. The van der Waals surface area contributed by atoms with Crippen LogP contribution in [0, 0.1) is 0 Å². The van der Waals surface area contributed by atoms with Gasteiger partial charge in [-0.2, -0.15) is 4.98 Å². The molecule has 0 aliphatic carbocycles. The second-order valence-electron chi connectivity index (χ2n) is 11.3. The number of benzene rings is 2. The molecular weight excluding hydrogens is 544 g/mol. The van der Waals surface area contributed by atoms with Crippen molar-refractivity contribution in [2.75, 3.05) is 97.4 Å². The fourth-order valence-corrected chi connectivity index (χ4v) is 5.56. The van der Waals surface area contributed by atoms with E-state index in [1.165, 1.54) is 11.3 Å². The van der Waals surface area contributed by atoms with Gasteiger partial charge >= 0.3 is 0 Å². The van der Waals surface area contributed by atoms with E-state index in [-0.39, 0.29) is 6.04 Å². The summed E-state index contributed by atoms with van der Waals surface area (Å²) in [6.07, 6.45) is 2.00. The topological polar surface area (TPSA) is 90.5 Å². The molecule has 0 spiro atoms. The highest BCUT2D eigenvalue weighted by Gasteiger charge is 2.24. The lowest BCUT2D eigenvalue weighted by Crippen LogP contribution is -2.39. The van der Waals surface area contributed by atoms with E-state index in [0.29, 0.717) is 24.1 Å². The molecule has 1 aromatic heterocycles. The summed E-state index contributed by atoms with van der Waals surface area (Å²) in [5.74, 6) is 3.59. The number of likely N-dealkylation sites (N-methyl/N-ethyl adjacent to an activating group) is 1. The molecule has 0 unspecified atom stereocenters. The number of piperidine rings is 1. The molecule has 1 fully saturated rings. The third-order valence-corrected chi connectivity index (χ3v) is 7.98. The van der Waals surface area contributed by atoms with Gasteiger partial charge in [-0.1, -0.05) is 19.9 Å². The average Bonchev–Trinajstić information content (AvgIpc) is 2.99. The molecule has 4 rings (SSSR count). The van der Waals surface area contributed by atoms with Crippen LogP contribution in [0.5, 0.6) is 17.2 Å². The largest absolute Gasteiger partial charge is 0.493 e. The first-order chi connectivity index (χ1) is 20.8. The molecule has 0 amide bonds. The minimum Gasteiger partial charge on any atom is -0.493 e. The van der Waals surface area contributed by atoms with Crippen molar-refractivity contribution in [2.24, 2.45) is 0 Å². The highest BCUT2D eigenvalue weighted by molar-refractivity contribution is 5.92. The van der Waals surface area contributed by atoms with Gasteiger partial charge in [-0.3, -0.25) is 10.3 Å². The van der Waals surface area contributed by atoms with Crippen molar-refractivity contribution >= 4 is 28.4 Å². The van der Waals surface area contributed by atoms with Gasteiger partial charge in [0.25, 0.3) is 0 Å². The van der Waals surface area contributed by atoms with Crippen LogP contribution in [0.15, 0.2) is 30.3 Å². The maximum atomic E-state index is 6.37. The second kappa shape index (κ2) is 15.3. The first-order valence-electron chi connectivity index (χ1n) is 15.3. The van der Waals surface area contributed by atoms with E-state index in [0.717, 1.165) is 74.6 Å². The van der Waals surface area contributed by atoms with Gasteiger partial charge in [0, 0.05) is 83.1 Å². The van der Waals surface area contributed by atoms with Crippen LogP contribution >= 0.6 is 0 Å². The van der Waals surface area contributed by atoms with Gasteiger partial charge in [-0.05, 0) is 44.1 Å². The summed E-state index contributed by atoms with van der Waals surface area (Å²) in [6.45, 7) is 10.9. The number of hydrogen-bond acceptors (Lipinski definition) is 11. The quantitative estimate of drug-likeness (QED) is 0.246. The van der Waals surface area contributed by atoms with Gasteiger partial charge in [0.1, 0.15) is 18.2 Å². The standard InChI is InChI=1S/C32H50N8O3/c1-9-39(10-2)18-19-43-28-13-11-12-27(37(3)4)25(28)22-40-16-14-23(15-17-40)33-31-24-20-29(41-7)30(42-8)21-26(24)34-32(35-31)36-38(5)6/h11-13,20-21,23H,9-10,14-19,22H2,1-8H3,(H2,33,34,35,36). The predicted octanol–water partition coefficient (Wildman–Crippen LogP) is 4.40. The highest BCUT2D eigenvalue weighted by Crippen LogP contribution is 2.36. The molecular formula is C32H50N8O3. The fourth-order valence-electron chi connectivity index (χ4n) is 5.56. The molecule has 1 aliphatic rings. The molecule has 2 N–H and O–H groups in total. The molecule has 1 aliphatic heterocycles. The van der Waals surface area contributed by atoms with Crippen molar-refractivity contribution < 1.29 is 14.2 Å². The zero-order valence-electron chi connectivity index (χ0n) is 27.2. The van der Waals surface area contributed by atoms with Crippen LogP contribution in [0.25, 0.3) is 10.9 Å². The van der Waals surface area contributed by atoms with Crippen LogP contribution < -0.4 is 29.9 Å². The molecule has 1 saturated heterocycles. The Balaban J connectivity index is 1.48. The molecule has 236 valence electrons. The van der Waals surface area contributed by atoms with E-state index in [1.807, 2.05) is 31.2 Å². The van der Waals surface area contributed by atoms with Crippen LogP contribution in [0.4, 0.5) is 17.5 Å². The van der Waals surface area contributed by atoms with Crippen molar-refractivity contribution in [3.63, 3.8) is 0 Å². The second-order valence-corrected chi connectivity index (χ2v) is 11.3. The van der Waals surface area contributed by atoms with Crippen molar-refractivity contribution in [3.05, 3.63) is 35.9 Å². The van der Waals surface area contributed by atoms with Gasteiger partial charge < -0.3 is 29.3 Å². The number of hydrazine groups is 1. The number of methoxy groups -OCH3 is 2. The number of likely N-dealkylation sites (tertiary alicyclic amines) is 1. The Labute approximate surface area is 257 Å². The maximum Gasteiger partial charge on any atom is 0.240 e. The number of nitrogens with zero attached hydrogens (tertiary/aromatic N) is 6. The lowest BCUT2D eigenvalue weighted by atomic mass is 10.0. The molecule has 43 heavy (non-hydrogen) atoms. The third kappa shape index (κ3) is 8.31. The summed E-state index contributed by atoms with van der Waals surface area (Å²) in [4.78, 5) is 16.7. The normalized spacial score (nSPS) is 14.4. The smallest absolute Gasteiger partial charge is 0.240 e. The molecule has 11 nitrogen and oxygen atoms in total. The Morgan fingerprint density at radius 2 is 1.63 bits per heavy atom. The summed E-state index contributed by atoms with van der Waals surface area (Å²) >= 11 is 0. The number of nitrogens with one attached hydrogen (secondary N) is 2. The van der Waals surface area contributed by atoms with E-state index in [2.05, 4.69) is 71.6 Å². The SMILES string of the molecule is CCN(CC)CCOc1cccc(N(C)C)c1CN1CCC(Nc2nc(NN(C)C)nc3cc(OC)c(OC)cc23)CC1. The first kappa shape index (κ1) is 32.4. The van der Waals surface area contributed by atoms with E-state index in [1.54, 1.807) is 14.2 Å². The molecule has 2 aromatic carbocycles. The Morgan fingerprint density at radius 3 is 2.26 bits per heavy atom. The van der Waals surface area contributed by atoms with E-state index in [9.17, 15) is 0 Å². The van der Waals surface area contributed by atoms with Gasteiger partial charge in [0.15, 0.2) is 11.5 Å². The Hall–Kier alpha value is -3.54. The molecule has 11 heteroatoms. The fraction of sp³-hybridized carbons (Fsp3) is 0.562. The van der Waals surface area contributed by atoms with Gasteiger partial charge in [0.05, 0.1) is 19.7 Å². The Bertz CT molecular complexity index is 1320. The third-order valence-electron chi connectivity index (χ3n) is 7.98. The van der Waals surface area contributed by atoms with Crippen molar-refractivity contribution in [1.29, 1.82) is 0 Å². The van der Waals surface area contributed by atoms with Crippen LogP contribution in [0.2, 0.25) is 0 Å². The van der Waals surface area contributed by atoms with Crippen molar-refractivity contribution in [3.8, 4) is 17.2 Å². The van der Waals surface area contributed by atoms with Gasteiger partial charge in [-0.15, -0.1) is 0 Å². The lowest BCUT2D eigenvalue weighted by Gasteiger charge is -2.34. The number of anilines is 3. The zero-order valence-corrected chi connectivity index (χ0v) is 27.2. The van der Waals surface area contributed by atoms with Crippen LogP contribution in [-0.2, 0) is 6.54 Å². The van der Waals surface area contributed by atoms with Crippen molar-refractivity contribution in [2.45, 2.75) is 39.3 Å². The first-order valence-corrected chi connectivity index (χ1v) is 15.3. The van der Waals surface area contributed by atoms with E-state index < -0.39 is 0 Å². The minimum atomic E-state index is 0.281. The molecule has 0 saturated carbocycles. The van der Waals surface area contributed by atoms with Crippen LogP contribution in [-0.4, -0.2) is 113 Å². The molecule has 0 bridgehead atoms. The number of hydrogen-bond donors (Lipinski definition) is 2. The summed E-state index contributed by atoms with van der Waals surface area (Å²) in [6, 6.07) is 10.5. The summed E-state index contributed by atoms with van der Waals surface area (Å²) in [5.41, 5.74) is 6.43. The Kier molecular flexibility index (Phi) is 11.5. The number of fused-ring (bicyclic) bond motifs is 1. The number of rotatable bonds is 15. The Morgan fingerprint density at radius 1 is 0.930 bits per heavy atom. The lowest BCUT2D eigenvalue weighted by molar-refractivity contribution is 0.200. The van der Waals surface area contributed by atoms with Crippen LogP contribution in [0.1, 0.15) is 32.3 Å². The molecule has 0 atom stereocenters. The minimum absolute atomic E-state index is 0.281. The zero-order chi connectivity index (χ0) is 30.9. The maximum absolute atomic E-state index is 6.37. The van der Waals surface area contributed by atoms with E-state index in [4.69, 9.17) is 24.2 Å². The van der Waals surface area contributed by atoms with Gasteiger partial charge in [0.2, 0.25) is 5.95 Å².